The van der Waals surface area contributed by atoms with Crippen molar-refractivity contribution in [2.24, 2.45) is 0 Å². The number of H-pyrrole nitrogens is 1. The molecule has 1 N–H and O–H groups in total. The van der Waals surface area contributed by atoms with E-state index >= 15 is 0 Å². The summed E-state index contributed by atoms with van der Waals surface area (Å²) in [5.41, 5.74) is 1.58. The predicted molar refractivity (Wildman–Crippen MR) is 69.5 cm³/mol. The van der Waals surface area contributed by atoms with Crippen molar-refractivity contribution in [3.8, 4) is 0 Å². The Labute approximate surface area is 105 Å². The maximum Gasteiger partial charge on any atom is 0.182 e. The Hall–Kier alpha value is -1.36. The van der Waals surface area contributed by atoms with Crippen LogP contribution in [0.4, 0.5) is 5.82 Å². The fourth-order valence-corrected chi connectivity index (χ4v) is 1.97. The first kappa shape index (κ1) is 12.1. The Balaban J connectivity index is 2.30. The number of hydrogen-bond donors (Lipinski definition) is 1. The Kier molecular flexibility index (Phi) is 4.14. The molecule has 0 aliphatic heterocycles. The lowest BCUT2D eigenvalue weighted by Gasteiger charge is -2.22. The molecule has 2 aromatic heterocycles. The van der Waals surface area contributed by atoms with E-state index in [0.29, 0.717) is 11.5 Å². The lowest BCUT2D eigenvalue weighted by molar-refractivity contribution is 0.726. The van der Waals surface area contributed by atoms with E-state index in [0.717, 1.165) is 37.3 Å². The highest BCUT2D eigenvalue weighted by Crippen LogP contribution is 2.19. The summed E-state index contributed by atoms with van der Waals surface area (Å²) in [6.07, 6.45) is 5.46. The molecular weight excluding hydrogens is 238 g/mol. The van der Waals surface area contributed by atoms with Gasteiger partial charge in [-0.15, -0.1) is 11.6 Å². The van der Waals surface area contributed by atoms with Gasteiger partial charge in [-0.25, -0.2) is 15.0 Å². The van der Waals surface area contributed by atoms with Gasteiger partial charge in [0.2, 0.25) is 0 Å². The fourth-order valence-electron chi connectivity index (χ4n) is 1.77. The van der Waals surface area contributed by atoms with E-state index in [1.165, 1.54) is 0 Å². The standard InChI is InChI=1S/C11H16ClN5/c1-2-3-5-17(6-4-12)11-9-10(14-7-13-9)15-8-16-11/h7-8H,2-6H2,1H3,(H,13,14,15,16). The summed E-state index contributed by atoms with van der Waals surface area (Å²) in [5, 5.41) is 0. The zero-order valence-electron chi connectivity index (χ0n) is 9.86. The van der Waals surface area contributed by atoms with Crippen LogP contribution < -0.4 is 4.90 Å². The maximum absolute atomic E-state index is 5.84. The number of unbranched alkanes of at least 4 members (excludes halogenated alkanes) is 1. The van der Waals surface area contributed by atoms with Crippen molar-refractivity contribution >= 4 is 28.6 Å². The molecule has 0 aromatic carbocycles. The Morgan fingerprint density at radius 1 is 1.29 bits per heavy atom. The zero-order valence-corrected chi connectivity index (χ0v) is 10.6. The summed E-state index contributed by atoms with van der Waals surface area (Å²) in [4.78, 5) is 17.8. The quantitative estimate of drug-likeness (QED) is 0.802. The SMILES string of the molecule is CCCCN(CCCl)c1ncnc2nc[nH]c12. The number of fused-ring (bicyclic) bond motifs is 1. The van der Waals surface area contributed by atoms with Gasteiger partial charge < -0.3 is 9.88 Å². The summed E-state index contributed by atoms with van der Waals surface area (Å²) in [6, 6.07) is 0. The minimum Gasteiger partial charge on any atom is -0.354 e. The molecule has 0 saturated heterocycles. The van der Waals surface area contributed by atoms with Crippen LogP contribution in [0.25, 0.3) is 11.2 Å². The van der Waals surface area contributed by atoms with Gasteiger partial charge in [0.25, 0.3) is 0 Å². The molecule has 0 aliphatic rings. The molecule has 0 spiro atoms. The number of alkyl halides is 1. The second-order valence-electron chi connectivity index (χ2n) is 3.83. The van der Waals surface area contributed by atoms with E-state index in [1.54, 1.807) is 12.7 Å². The van der Waals surface area contributed by atoms with Crippen LogP contribution in [0.5, 0.6) is 0 Å². The monoisotopic (exact) mass is 253 g/mol. The molecule has 2 rings (SSSR count). The molecular formula is C11H16ClN5. The van der Waals surface area contributed by atoms with Crippen LogP contribution in [0.15, 0.2) is 12.7 Å². The second-order valence-corrected chi connectivity index (χ2v) is 4.21. The normalized spacial score (nSPS) is 10.9. The van der Waals surface area contributed by atoms with Gasteiger partial charge in [-0.2, -0.15) is 0 Å². The van der Waals surface area contributed by atoms with Gasteiger partial charge in [0.15, 0.2) is 11.5 Å². The van der Waals surface area contributed by atoms with E-state index < -0.39 is 0 Å². The molecule has 0 atom stereocenters. The number of halogens is 1. The first-order chi connectivity index (χ1) is 8.36. The van der Waals surface area contributed by atoms with Gasteiger partial charge in [0.05, 0.1) is 6.33 Å². The van der Waals surface area contributed by atoms with Crippen LogP contribution in [0, 0.1) is 0 Å². The molecule has 0 saturated carbocycles. The highest BCUT2D eigenvalue weighted by molar-refractivity contribution is 6.18. The van der Waals surface area contributed by atoms with Gasteiger partial charge in [-0.3, -0.25) is 0 Å². The molecule has 0 bridgehead atoms. The molecule has 2 heterocycles. The minimum atomic E-state index is 0.587. The zero-order chi connectivity index (χ0) is 12.1. The van der Waals surface area contributed by atoms with E-state index in [-0.39, 0.29) is 0 Å². The number of aromatic nitrogens is 4. The molecule has 17 heavy (non-hydrogen) atoms. The first-order valence-electron chi connectivity index (χ1n) is 5.81. The minimum absolute atomic E-state index is 0.587. The molecule has 6 heteroatoms. The number of aromatic amines is 1. The molecule has 0 unspecified atom stereocenters. The lowest BCUT2D eigenvalue weighted by atomic mass is 10.3. The van der Waals surface area contributed by atoms with Gasteiger partial charge in [0, 0.05) is 19.0 Å². The summed E-state index contributed by atoms with van der Waals surface area (Å²) < 4.78 is 0. The van der Waals surface area contributed by atoms with Crippen molar-refractivity contribution in [1.29, 1.82) is 0 Å². The van der Waals surface area contributed by atoms with Crippen LogP contribution in [0.1, 0.15) is 19.8 Å². The van der Waals surface area contributed by atoms with Crippen molar-refractivity contribution in [3.05, 3.63) is 12.7 Å². The molecule has 92 valence electrons. The van der Waals surface area contributed by atoms with Crippen molar-refractivity contribution < 1.29 is 0 Å². The smallest absolute Gasteiger partial charge is 0.182 e. The summed E-state index contributed by atoms with van der Waals surface area (Å²) in [7, 11) is 0. The van der Waals surface area contributed by atoms with Crippen molar-refractivity contribution in [2.45, 2.75) is 19.8 Å². The van der Waals surface area contributed by atoms with Crippen LogP contribution in [0.3, 0.4) is 0 Å². The van der Waals surface area contributed by atoms with E-state index in [2.05, 4.69) is 31.8 Å². The number of anilines is 1. The second kappa shape index (κ2) is 5.82. The van der Waals surface area contributed by atoms with Gasteiger partial charge in [0.1, 0.15) is 11.8 Å². The largest absolute Gasteiger partial charge is 0.354 e. The van der Waals surface area contributed by atoms with Crippen LogP contribution >= 0.6 is 11.6 Å². The topological polar surface area (TPSA) is 57.7 Å². The number of rotatable bonds is 6. The Bertz CT molecular complexity index is 470. The average Bonchev–Trinajstić information content (AvgIpc) is 2.82. The molecule has 0 radical (unpaired) electrons. The number of hydrogen-bond acceptors (Lipinski definition) is 4. The van der Waals surface area contributed by atoms with Gasteiger partial charge >= 0.3 is 0 Å². The number of nitrogens with one attached hydrogen (secondary N) is 1. The van der Waals surface area contributed by atoms with Crippen molar-refractivity contribution in [3.63, 3.8) is 0 Å². The van der Waals surface area contributed by atoms with E-state index in [9.17, 15) is 0 Å². The van der Waals surface area contributed by atoms with E-state index in [1.807, 2.05) is 0 Å². The van der Waals surface area contributed by atoms with Crippen molar-refractivity contribution in [2.75, 3.05) is 23.9 Å². The fraction of sp³-hybridized carbons (Fsp3) is 0.545. The summed E-state index contributed by atoms with van der Waals surface area (Å²) >= 11 is 5.84. The summed E-state index contributed by atoms with van der Waals surface area (Å²) in [6.45, 7) is 3.91. The van der Waals surface area contributed by atoms with E-state index in [4.69, 9.17) is 11.6 Å². The maximum atomic E-state index is 5.84. The van der Waals surface area contributed by atoms with Crippen molar-refractivity contribution in [1.82, 2.24) is 19.9 Å². The Morgan fingerprint density at radius 3 is 2.94 bits per heavy atom. The Morgan fingerprint density at radius 2 is 2.18 bits per heavy atom. The number of nitrogens with zero attached hydrogens (tertiary/aromatic N) is 4. The molecule has 0 fully saturated rings. The third-order valence-corrected chi connectivity index (χ3v) is 2.81. The molecule has 0 aliphatic carbocycles. The lowest BCUT2D eigenvalue weighted by Crippen LogP contribution is -2.27. The third kappa shape index (κ3) is 2.66. The molecule has 2 aromatic rings. The first-order valence-corrected chi connectivity index (χ1v) is 6.35. The van der Waals surface area contributed by atoms with Gasteiger partial charge in [-0.05, 0) is 6.42 Å². The highest BCUT2D eigenvalue weighted by Gasteiger charge is 2.12. The van der Waals surface area contributed by atoms with Gasteiger partial charge in [-0.1, -0.05) is 13.3 Å². The predicted octanol–water partition coefficient (Wildman–Crippen LogP) is 2.20. The number of imidazole rings is 1. The summed E-state index contributed by atoms with van der Waals surface area (Å²) in [5.74, 6) is 1.48. The third-order valence-electron chi connectivity index (χ3n) is 2.64. The highest BCUT2D eigenvalue weighted by atomic mass is 35.5. The van der Waals surface area contributed by atoms with Crippen LogP contribution in [0.2, 0.25) is 0 Å². The van der Waals surface area contributed by atoms with Crippen LogP contribution in [-0.2, 0) is 0 Å². The van der Waals surface area contributed by atoms with Crippen LogP contribution in [-0.4, -0.2) is 38.9 Å². The average molecular weight is 254 g/mol. The molecule has 0 amide bonds. The molecule has 5 nitrogen and oxygen atoms in total.